The molecule has 0 aliphatic rings. The average molecular weight is 297 g/mol. The van der Waals surface area contributed by atoms with Crippen LogP contribution in [0.3, 0.4) is 0 Å². The van der Waals surface area contributed by atoms with E-state index in [2.05, 4.69) is 0 Å². The molecule has 0 bridgehead atoms. The van der Waals surface area contributed by atoms with Gasteiger partial charge in [0.15, 0.2) is 0 Å². The zero-order valence-corrected chi connectivity index (χ0v) is 12.2. The number of aryl methyl sites for hydroxylation is 2. The van der Waals surface area contributed by atoms with E-state index in [0.717, 1.165) is 11.1 Å². The summed E-state index contributed by atoms with van der Waals surface area (Å²) in [5, 5.41) is 20.7. The van der Waals surface area contributed by atoms with Gasteiger partial charge in [-0.1, -0.05) is 35.3 Å². The van der Waals surface area contributed by atoms with Gasteiger partial charge in [0.25, 0.3) is 0 Å². The molecule has 0 atom stereocenters. The first-order valence-corrected chi connectivity index (χ1v) is 6.61. The standard InChI is InChI=1S/C15H14Cl2O2/c1-8-3-5-12(16)14(18)10(8)7-11-9(2)4-6-13(17)15(11)19/h3-6,18-19H,7H2,1-2H3. The van der Waals surface area contributed by atoms with Crippen LogP contribution in [-0.4, -0.2) is 10.2 Å². The summed E-state index contributed by atoms with van der Waals surface area (Å²) in [6.45, 7) is 3.78. The van der Waals surface area contributed by atoms with Gasteiger partial charge in [-0.3, -0.25) is 0 Å². The zero-order valence-electron chi connectivity index (χ0n) is 10.7. The van der Waals surface area contributed by atoms with E-state index in [-0.39, 0.29) is 11.5 Å². The van der Waals surface area contributed by atoms with Crippen LogP contribution < -0.4 is 0 Å². The highest BCUT2D eigenvalue weighted by molar-refractivity contribution is 6.32. The molecule has 0 amide bonds. The van der Waals surface area contributed by atoms with E-state index in [4.69, 9.17) is 23.2 Å². The molecule has 2 aromatic carbocycles. The SMILES string of the molecule is Cc1ccc(Cl)c(O)c1Cc1c(C)ccc(Cl)c1O. The van der Waals surface area contributed by atoms with Gasteiger partial charge in [0.05, 0.1) is 10.0 Å². The fraction of sp³-hybridized carbons (Fsp3) is 0.200. The molecule has 0 aromatic heterocycles. The molecule has 0 spiro atoms. The minimum absolute atomic E-state index is 0.0560. The molecule has 0 saturated carbocycles. The summed E-state index contributed by atoms with van der Waals surface area (Å²) in [6, 6.07) is 6.99. The van der Waals surface area contributed by atoms with Crippen LogP contribution in [0, 0.1) is 13.8 Å². The topological polar surface area (TPSA) is 40.5 Å². The Balaban J connectivity index is 2.54. The Morgan fingerprint density at radius 2 is 1.16 bits per heavy atom. The molecular weight excluding hydrogens is 283 g/mol. The van der Waals surface area contributed by atoms with Crippen LogP contribution in [-0.2, 0) is 6.42 Å². The molecule has 0 heterocycles. The number of hydrogen-bond donors (Lipinski definition) is 2. The van der Waals surface area contributed by atoms with Gasteiger partial charge < -0.3 is 10.2 Å². The summed E-state index contributed by atoms with van der Waals surface area (Å²) in [5.41, 5.74) is 3.24. The predicted octanol–water partition coefficient (Wildman–Crippen LogP) is 4.61. The molecule has 100 valence electrons. The first kappa shape index (κ1) is 14.0. The molecule has 0 unspecified atom stereocenters. The van der Waals surface area contributed by atoms with Gasteiger partial charge in [-0.25, -0.2) is 0 Å². The maximum atomic E-state index is 10.0. The first-order valence-electron chi connectivity index (χ1n) is 5.85. The molecule has 2 nitrogen and oxygen atoms in total. The van der Waals surface area contributed by atoms with Crippen LogP contribution in [0.25, 0.3) is 0 Å². The van der Waals surface area contributed by atoms with Crippen molar-refractivity contribution in [1.82, 2.24) is 0 Å². The number of rotatable bonds is 2. The number of halogens is 2. The second-order valence-electron chi connectivity index (χ2n) is 4.56. The van der Waals surface area contributed by atoms with Gasteiger partial charge >= 0.3 is 0 Å². The van der Waals surface area contributed by atoms with E-state index in [9.17, 15) is 10.2 Å². The van der Waals surface area contributed by atoms with Gasteiger partial charge in [-0.2, -0.15) is 0 Å². The summed E-state index contributed by atoms with van der Waals surface area (Å²) in [4.78, 5) is 0. The van der Waals surface area contributed by atoms with Gasteiger partial charge in [-0.05, 0) is 37.1 Å². The third-order valence-corrected chi connectivity index (χ3v) is 3.90. The van der Waals surface area contributed by atoms with Crippen molar-refractivity contribution in [3.63, 3.8) is 0 Å². The summed E-state index contributed by atoms with van der Waals surface area (Å²) in [5.74, 6) is 0.112. The number of aromatic hydroxyl groups is 2. The van der Waals surface area contributed by atoms with E-state index >= 15 is 0 Å². The van der Waals surface area contributed by atoms with E-state index in [0.29, 0.717) is 27.6 Å². The van der Waals surface area contributed by atoms with Crippen LogP contribution in [0.1, 0.15) is 22.3 Å². The van der Waals surface area contributed by atoms with Gasteiger partial charge in [-0.15, -0.1) is 0 Å². The summed E-state index contributed by atoms with van der Waals surface area (Å²) in [6.07, 6.45) is 0.385. The molecule has 0 aliphatic heterocycles. The van der Waals surface area contributed by atoms with E-state index in [1.807, 2.05) is 26.0 Å². The molecule has 0 saturated heterocycles. The highest BCUT2D eigenvalue weighted by Crippen LogP contribution is 2.36. The van der Waals surface area contributed by atoms with Crippen molar-refractivity contribution in [2.24, 2.45) is 0 Å². The van der Waals surface area contributed by atoms with Crippen molar-refractivity contribution in [2.45, 2.75) is 20.3 Å². The van der Waals surface area contributed by atoms with Gasteiger partial charge in [0.2, 0.25) is 0 Å². The fourth-order valence-electron chi connectivity index (χ4n) is 2.04. The Hall–Kier alpha value is -1.38. The maximum Gasteiger partial charge on any atom is 0.137 e. The van der Waals surface area contributed by atoms with Crippen molar-refractivity contribution in [3.05, 3.63) is 56.6 Å². The normalized spacial score (nSPS) is 10.7. The van der Waals surface area contributed by atoms with Crippen LogP contribution in [0.4, 0.5) is 0 Å². The molecular formula is C15H14Cl2O2. The lowest BCUT2D eigenvalue weighted by molar-refractivity contribution is 0.462. The maximum absolute atomic E-state index is 10.0. The Morgan fingerprint density at radius 1 is 0.789 bits per heavy atom. The monoisotopic (exact) mass is 296 g/mol. The molecule has 4 heteroatoms. The fourth-order valence-corrected chi connectivity index (χ4v) is 2.39. The minimum Gasteiger partial charge on any atom is -0.506 e. The predicted molar refractivity (Wildman–Crippen MR) is 78.5 cm³/mol. The van der Waals surface area contributed by atoms with Crippen LogP contribution in [0.2, 0.25) is 10.0 Å². The molecule has 2 N–H and O–H groups in total. The average Bonchev–Trinajstić information content (AvgIpc) is 2.38. The van der Waals surface area contributed by atoms with E-state index in [1.165, 1.54) is 0 Å². The van der Waals surface area contributed by atoms with Crippen LogP contribution in [0.15, 0.2) is 24.3 Å². The molecule has 2 rings (SSSR count). The Labute approximate surface area is 122 Å². The Morgan fingerprint density at radius 3 is 1.53 bits per heavy atom. The van der Waals surface area contributed by atoms with Crippen LogP contribution in [0.5, 0.6) is 11.5 Å². The largest absolute Gasteiger partial charge is 0.506 e. The molecule has 19 heavy (non-hydrogen) atoms. The number of phenolic OH excluding ortho intramolecular Hbond substituents is 2. The van der Waals surface area contributed by atoms with Gasteiger partial charge in [0, 0.05) is 17.5 Å². The van der Waals surface area contributed by atoms with Crippen molar-refractivity contribution < 1.29 is 10.2 Å². The summed E-state index contributed by atoms with van der Waals surface area (Å²) >= 11 is 11.8. The highest BCUT2D eigenvalue weighted by atomic mass is 35.5. The van der Waals surface area contributed by atoms with E-state index < -0.39 is 0 Å². The second-order valence-corrected chi connectivity index (χ2v) is 5.37. The van der Waals surface area contributed by atoms with Crippen LogP contribution >= 0.6 is 23.2 Å². The lowest BCUT2D eigenvalue weighted by Crippen LogP contribution is -1.97. The second kappa shape index (κ2) is 5.32. The lowest BCUT2D eigenvalue weighted by atomic mass is 9.96. The number of benzene rings is 2. The van der Waals surface area contributed by atoms with Crippen molar-refractivity contribution >= 4 is 23.2 Å². The first-order chi connectivity index (χ1) is 8.91. The Kier molecular flexibility index (Phi) is 3.93. The number of phenols is 2. The lowest BCUT2D eigenvalue weighted by Gasteiger charge is -2.13. The zero-order chi connectivity index (χ0) is 14.2. The smallest absolute Gasteiger partial charge is 0.137 e. The molecule has 0 radical (unpaired) electrons. The quantitative estimate of drug-likeness (QED) is 0.849. The highest BCUT2D eigenvalue weighted by Gasteiger charge is 2.15. The minimum atomic E-state index is 0.0560. The van der Waals surface area contributed by atoms with Crippen molar-refractivity contribution in [3.8, 4) is 11.5 Å². The molecule has 0 aliphatic carbocycles. The number of hydrogen-bond acceptors (Lipinski definition) is 2. The van der Waals surface area contributed by atoms with Crippen molar-refractivity contribution in [2.75, 3.05) is 0 Å². The Bertz CT molecular complexity index is 581. The van der Waals surface area contributed by atoms with Crippen molar-refractivity contribution in [1.29, 1.82) is 0 Å². The third-order valence-electron chi connectivity index (χ3n) is 3.29. The summed E-state index contributed by atoms with van der Waals surface area (Å²) in [7, 11) is 0. The third kappa shape index (κ3) is 2.65. The van der Waals surface area contributed by atoms with E-state index in [1.54, 1.807) is 12.1 Å². The summed E-state index contributed by atoms with van der Waals surface area (Å²) < 4.78 is 0. The van der Waals surface area contributed by atoms with Gasteiger partial charge in [0.1, 0.15) is 11.5 Å². The molecule has 2 aromatic rings. The molecule has 0 fully saturated rings.